The van der Waals surface area contributed by atoms with E-state index in [9.17, 15) is 13.6 Å². The van der Waals surface area contributed by atoms with E-state index < -0.39 is 16.3 Å². The van der Waals surface area contributed by atoms with Crippen molar-refractivity contribution in [3.63, 3.8) is 0 Å². The van der Waals surface area contributed by atoms with E-state index >= 15 is 0 Å². The van der Waals surface area contributed by atoms with Gasteiger partial charge in [-0.05, 0) is 35.3 Å². The molecule has 0 aliphatic heterocycles. The highest BCUT2D eigenvalue weighted by molar-refractivity contribution is 6.67. The number of carbonyl (C=O) groups is 1. The zero-order valence-corrected chi connectivity index (χ0v) is 7.61. The molecule has 0 bridgehead atoms. The SMILES string of the molecule is O=C(Cl)c1ccnc(C(F)(F)Cl)c1. The van der Waals surface area contributed by atoms with Crippen molar-refractivity contribution in [2.75, 3.05) is 0 Å². The Morgan fingerprint density at radius 2 is 2.15 bits per heavy atom. The normalized spacial score (nSPS) is 11.4. The molecule has 0 N–H and O–H groups in total. The van der Waals surface area contributed by atoms with E-state index in [1.165, 1.54) is 6.07 Å². The summed E-state index contributed by atoms with van der Waals surface area (Å²) in [5, 5.41) is -4.41. The fourth-order valence-electron chi connectivity index (χ4n) is 0.708. The molecule has 0 spiro atoms. The third-order valence-electron chi connectivity index (χ3n) is 1.28. The summed E-state index contributed by atoms with van der Waals surface area (Å²) in [6, 6.07) is 2.07. The van der Waals surface area contributed by atoms with Crippen LogP contribution in [0.2, 0.25) is 0 Å². The van der Waals surface area contributed by atoms with Gasteiger partial charge in [-0.3, -0.25) is 9.78 Å². The molecule has 0 aliphatic rings. The third kappa shape index (κ3) is 2.60. The van der Waals surface area contributed by atoms with Crippen LogP contribution in [0.25, 0.3) is 0 Å². The first-order chi connectivity index (χ1) is 5.91. The lowest BCUT2D eigenvalue weighted by Gasteiger charge is -2.06. The average Bonchev–Trinajstić information content (AvgIpc) is 2.03. The first kappa shape index (κ1) is 10.3. The van der Waals surface area contributed by atoms with Gasteiger partial charge in [0.1, 0.15) is 5.69 Å². The molecule has 0 amide bonds. The molecule has 0 atom stereocenters. The number of carbonyl (C=O) groups excluding carboxylic acids is 1. The molecule has 13 heavy (non-hydrogen) atoms. The second-order valence-corrected chi connectivity index (χ2v) is 3.02. The zero-order chi connectivity index (χ0) is 10.1. The van der Waals surface area contributed by atoms with Crippen molar-refractivity contribution in [3.05, 3.63) is 29.6 Å². The molecule has 1 heterocycles. The highest BCUT2D eigenvalue weighted by Crippen LogP contribution is 2.30. The summed E-state index contributed by atoms with van der Waals surface area (Å²) in [7, 11) is 0. The van der Waals surface area contributed by atoms with Gasteiger partial charge in [-0.1, -0.05) is 0 Å². The summed E-state index contributed by atoms with van der Waals surface area (Å²) in [6.07, 6.45) is 1.04. The fraction of sp³-hybridized carbons (Fsp3) is 0.143. The third-order valence-corrected chi connectivity index (χ3v) is 1.69. The van der Waals surface area contributed by atoms with E-state index in [0.717, 1.165) is 12.3 Å². The molecule has 0 aliphatic carbocycles. The van der Waals surface area contributed by atoms with Gasteiger partial charge in [0.05, 0.1) is 0 Å². The lowest BCUT2D eigenvalue weighted by molar-refractivity contribution is 0.0898. The Labute approximate surface area is 82.5 Å². The number of hydrogen-bond donors (Lipinski definition) is 0. The highest BCUT2D eigenvalue weighted by Gasteiger charge is 2.30. The second-order valence-electron chi connectivity index (χ2n) is 2.20. The summed E-state index contributed by atoms with van der Waals surface area (Å²) >= 11 is 9.76. The van der Waals surface area contributed by atoms with Crippen molar-refractivity contribution in [3.8, 4) is 0 Å². The van der Waals surface area contributed by atoms with Crippen molar-refractivity contribution in [1.82, 2.24) is 4.98 Å². The van der Waals surface area contributed by atoms with Gasteiger partial charge in [0.25, 0.3) is 5.24 Å². The Kier molecular flexibility index (Phi) is 2.83. The molecule has 0 saturated carbocycles. The summed E-state index contributed by atoms with van der Waals surface area (Å²) in [6.45, 7) is 0. The number of aromatic nitrogens is 1. The lowest BCUT2D eigenvalue weighted by atomic mass is 10.2. The minimum atomic E-state index is -3.58. The van der Waals surface area contributed by atoms with Crippen LogP contribution in [0, 0.1) is 0 Å². The van der Waals surface area contributed by atoms with Crippen molar-refractivity contribution < 1.29 is 13.6 Å². The van der Waals surface area contributed by atoms with Crippen LogP contribution in [0.5, 0.6) is 0 Å². The summed E-state index contributed by atoms with van der Waals surface area (Å²) in [5.41, 5.74) is -0.757. The predicted octanol–water partition coefficient (Wildman–Crippen LogP) is 2.75. The number of halogens is 4. The van der Waals surface area contributed by atoms with Gasteiger partial charge in [0.2, 0.25) is 0 Å². The standard InChI is InChI=1S/C7H3Cl2F2NO/c8-6(13)4-1-2-12-5(3-4)7(9,10)11/h1-3H. The van der Waals surface area contributed by atoms with Crippen LogP contribution in [-0.4, -0.2) is 10.2 Å². The van der Waals surface area contributed by atoms with Crippen molar-refractivity contribution in [2.24, 2.45) is 0 Å². The van der Waals surface area contributed by atoms with Crippen LogP contribution in [-0.2, 0) is 5.38 Å². The Bertz CT molecular complexity index is 338. The van der Waals surface area contributed by atoms with Gasteiger partial charge in [-0.25, -0.2) is 0 Å². The molecule has 6 heteroatoms. The number of rotatable bonds is 2. The Balaban J connectivity index is 3.13. The molecule has 0 unspecified atom stereocenters. The minimum absolute atomic E-state index is 0.0630. The smallest absolute Gasteiger partial charge is 0.276 e. The van der Waals surface area contributed by atoms with Gasteiger partial charge in [0, 0.05) is 11.8 Å². The molecule has 1 aromatic heterocycles. The molecule has 0 aromatic carbocycles. The van der Waals surface area contributed by atoms with E-state index in [0.29, 0.717) is 0 Å². The number of nitrogens with zero attached hydrogens (tertiary/aromatic N) is 1. The maximum atomic E-state index is 12.4. The van der Waals surface area contributed by atoms with E-state index in [-0.39, 0.29) is 5.56 Å². The molecule has 1 rings (SSSR count). The Morgan fingerprint density at radius 1 is 1.54 bits per heavy atom. The van der Waals surface area contributed by atoms with Crippen molar-refractivity contribution in [1.29, 1.82) is 0 Å². The van der Waals surface area contributed by atoms with Crippen LogP contribution in [0.3, 0.4) is 0 Å². The van der Waals surface area contributed by atoms with E-state index in [1.54, 1.807) is 0 Å². The molecule has 2 nitrogen and oxygen atoms in total. The van der Waals surface area contributed by atoms with Crippen LogP contribution in [0.4, 0.5) is 8.78 Å². The second kappa shape index (κ2) is 3.55. The lowest BCUT2D eigenvalue weighted by Crippen LogP contribution is -2.07. The number of alkyl halides is 3. The van der Waals surface area contributed by atoms with Crippen LogP contribution >= 0.6 is 23.2 Å². The summed E-state index contributed by atoms with van der Waals surface area (Å²) < 4.78 is 24.9. The topological polar surface area (TPSA) is 30.0 Å². The maximum Gasteiger partial charge on any atom is 0.364 e. The van der Waals surface area contributed by atoms with Crippen LogP contribution in [0.1, 0.15) is 16.1 Å². The molecular formula is C7H3Cl2F2NO. The Hall–Kier alpha value is -0.740. The van der Waals surface area contributed by atoms with Crippen molar-refractivity contribution in [2.45, 2.75) is 5.38 Å². The molecular weight excluding hydrogens is 223 g/mol. The number of pyridine rings is 1. The van der Waals surface area contributed by atoms with Crippen molar-refractivity contribution >= 4 is 28.4 Å². The van der Waals surface area contributed by atoms with E-state index in [4.69, 9.17) is 11.6 Å². The first-order valence-electron chi connectivity index (χ1n) is 3.14. The fourth-order valence-corrected chi connectivity index (χ4v) is 0.929. The summed E-state index contributed by atoms with van der Waals surface area (Å²) in [4.78, 5) is 13.9. The van der Waals surface area contributed by atoms with Gasteiger partial charge < -0.3 is 0 Å². The van der Waals surface area contributed by atoms with Gasteiger partial charge in [0.15, 0.2) is 0 Å². The highest BCUT2D eigenvalue weighted by atomic mass is 35.5. The largest absolute Gasteiger partial charge is 0.364 e. The van der Waals surface area contributed by atoms with E-state index in [1.807, 2.05) is 0 Å². The molecule has 0 saturated heterocycles. The molecule has 0 radical (unpaired) electrons. The first-order valence-corrected chi connectivity index (χ1v) is 3.90. The monoisotopic (exact) mass is 225 g/mol. The molecule has 1 aromatic rings. The molecule has 0 fully saturated rings. The van der Waals surface area contributed by atoms with Gasteiger partial charge in [-0.2, -0.15) is 8.78 Å². The molecule has 70 valence electrons. The maximum absolute atomic E-state index is 12.4. The van der Waals surface area contributed by atoms with Gasteiger partial charge >= 0.3 is 5.38 Å². The average molecular weight is 226 g/mol. The number of hydrogen-bond acceptors (Lipinski definition) is 2. The van der Waals surface area contributed by atoms with Gasteiger partial charge in [-0.15, -0.1) is 0 Å². The summed E-state index contributed by atoms with van der Waals surface area (Å²) in [5.74, 6) is 0. The quantitative estimate of drug-likeness (QED) is 0.573. The zero-order valence-electron chi connectivity index (χ0n) is 6.10. The van der Waals surface area contributed by atoms with E-state index in [2.05, 4.69) is 16.6 Å². The minimum Gasteiger partial charge on any atom is -0.276 e. The Morgan fingerprint density at radius 3 is 2.62 bits per heavy atom. The van der Waals surface area contributed by atoms with Crippen LogP contribution < -0.4 is 0 Å². The predicted molar refractivity (Wildman–Crippen MR) is 44.2 cm³/mol. The van der Waals surface area contributed by atoms with Crippen LogP contribution in [0.15, 0.2) is 18.3 Å².